The van der Waals surface area contributed by atoms with Crippen LogP contribution in [-0.4, -0.2) is 54.2 Å². The van der Waals surface area contributed by atoms with Gasteiger partial charge in [0.1, 0.15) is 0 Å². The molecule has 0 radical (unpaired) electrons. The first-order valence-corrected chi connectivity index (χ1v) is 9.48. The van der Waals surface area contributed by atoms with Crippen LogP contribution < -0.4 is 10.6 Å². The van der Waals surface area contributed by atoms with Gasteiger partial charge in [-0.25, -0.2) is 9.36 Å². The van der Waals surface area contributed by atoms with E-state index in [1.807, 2.05) is 42.8 Å². The first-order chi connectivity index (χ1) is 13.7. The Hall–Kier alpha value is -3.14. The number of tetrazole rings is 1. The number of benzene rings is 1. The molecule has 10 nitrogen and oxygen atoms in total. The molecule has 0 spiro atoms. The van der Waals surface area contributed by atoms with Gasteiger partial charge in [-0.1, -0.05) is 17.3 Å². The fourth-order valence-electron chi connectivity index (χ4n) is 3.50. The minimum atomic E-state index is -0.273. The zero-order chi connectivity index (χ0) is 19.5. The topological polar surface area (TPSA) is 115 Å². The molecule has 1 amide bonds. The Kier molecular flexibility index (Phi) is 5.11. The lowest BCUT2D eigenvalue weighted by Gasteiger charge is -2.23. The maximum absolute atomic E-state index is 12.8. The van der Waals surface area contributed by atoms with E-state index < -0.39 is 0 Å². The van der Waals surface area contributed by atoms with Crippen molar-refractivity contribution in [3.05, 3.63) is 35.7 Å². The molecule has 0 bridgehead atoms. The third kappa shape index (κ3) is 3.50. The summed E-state index contributed by atoms with van der Waals surface area (Å²) in [5, 5.41) is 26.3. The number of aryl methyl sites for hydroxylation is 1. The third-order valence-corrected chi connectivity index (χ3v) is 5.01. The molecule has 0 unspecified atom stereocenters. The highest BCUT2D eigenvalue weighted by molar-refractivity contribution is 6.03. The van der Waals surface area contributed by atoms with Gasteiger partial charge in [0.25, 0.3) is 5.91 Å². The number of nitrogens with one attached hydrogen (secondary N) is 2. The van der Waals surface area contributed by atoms with E-state index in [1.165, 1.54) is 0 Å². The Morgan fingerprint density at radius 1 is 1.25 bits per heavy atom. The first kappa shape index (κ1) is 18.2. The van der Waals surface area contributed by atoms with E-state index >= 15 is 0 Å². The van der Waals surface area contributed by atoms with Crippen molar-refractivity contribution >= 4 is 11.6 Å². The molecular weight excluding hydrogens is 358 g/mol. The molecule has 0 saturated carbocycles. The van der Waals surface area contributed by atoms with Crippen LogP contribution in [0.15, 0.2) is 24.3 Å². The second-order valence-electron chi connectivity index (χ2n) is 6.80. The number of piperidine rings is 1. The summed E-state index contributed by atoms with van der Waals surface area (Å²) in [6.45, 7) is 6.44. The molecule has 2 N–H and O–H groups in total. The van der Waals surface area contributed by atoms with Crippen molar-refractivity contribution in [2.45, 2.75) is 39.3 Å². The van der Waals surface area contributed by atoms with Gasteiger partial charge in [-0.3, -0.25) is 4.79 Å². The van der Waals surface area contributed by atoms with Crippen LogP contribution in [-0.2, 0) is 6.54 Å². The highest BCUT2D eigenvalue weighted by atomic mass is 16.2. The number of amides is 1. The number of rotatable bonds is 5. The molecule has 1 fully saturated rings. The third-order valence-electron chi connectivity index (χ3n) is 5.01. The Balaban J connectivity index is 1.53. The lowest BCUT2D eigenvalue weighted by atomic mass is 10.1. The van der Waals surface area contributed by atoms with Crippen molar-refractivity contribution in [3.63, 3.8) is 0 Å². The SMILES string of the molecule is CCn1nnnc1-c1cccc(NC(=O)c2nnn(C3CCNCC3)c2C)c1. The van der Waals surface area contributed by atoms with Crippen LogP contribution in [0.1, 0.15) is 42.0 Å². The maximum Gasteiger partial charge on any atom is 0.278 e. The number of carbonyl (C=O) groups excluding carboxylic acids is 1. The number of anilines is 1. The number of carbonyl (C=O) groups is 1. The minimum Gasteiger partial charge on any atom is -0.321 e. The Morgan fingerprint density at radius 3 is 2.86 bits per heavy atom. The molecule has 1 aliphatic rings. The molecule has 10 heteroatoms. The van der Waals surface area contributed by atoms with Gasteiger partial charge in [0, 0.05) is 17.8 Å². The van der Waals surface area contributed by atoms with Gasteiger partial charge in [0.2, 0.25) is 0 Å². The van der Waals surface area contributed by atoms with E-state index in [0.29, 0.717) is 23.8 Å². The first-order valence-electron chi connectivity index (χ1n) is 9.48. The van der Waals surface area contributed by atoms with Crippen molar-refractivity contribution in [1.82, 2.24) is 40.5 Å². The van der Waals surface area contributed by atoms with Gasteiger partial charge in [-0.15, -0.1) is 10.2 Å². The summed E-state index contributed by atoms with van der Waals surface area (Å²) < 4.78 is 3.58. The molecule has 1 saturated heterocycles. The fraction of sp³-hybridized carbons (Fsp3) is 0.444. The predicted octanol–water partition coefficient (Wildman–Crippen LogP) is 1.44. The van der Waals surface area contributed by atoms with Crippen LogP contribution in [0.2, 0.25) is 0 Å². The van der Waals surface area contributed by atoms with E-state index in [4.69, 9.17) is 0 Å². The Morgan fingerprint density at radius 2 is 2.07 bits per heavy atom. The largest absolute Gasteiger partial charge is 0.321 e. The van der Waals surface area contributed by atoms with Crippen molar-refractivity contribution in [3.8, 4) is 11.4 Å². The number of nitrogens with zero attached hydrogens (tertiary/aromatic N) is 7. The monoisotopic (exact) mass is 381 g/mol. The lowest BCUT2D eigenvalue weighted by Crippen LogP contribution is -2.30. The minimum absolute atomic E-state index is 0.273. The molecule has 28 heavy (non-hydrogen) atoms. The normalized spacial score (nSPS) is 14.9. The van der Waals surface area contributed by atoms with Crippen LogP contribution in [0, 0.1) is 6.92 Å². The molecule has 1 aromatic carbocycles. The molecule has 4 rings (SSSR count). The quantitative estimate of drug-likeness (QED) is 0.687. The van der Waals surface area contributed by atoms with Crippen molar-refractivity contribution in [1.29, 1.82) is 0 Å². The standard InChI is InChI=1S/C18H23N9O/c1-3-26-17(22-23-25-26)13-5-4-6-14(11-13)20-18(28)16-12(2)27(24-21-16)15-7-9-19-10-8-15/h4-6,11,15,19H,3,7-10H2,1-2H3,(H,20,28). The Bertz CT molecular complexity index is 971. The summed E-state index contributed by atoms with van der Waals surface area (Å²) in [7, 11) is 0. The summed E-state index contributed by atoms with van der Waals surface area (Å²) >= 11 is 0. The predicted molar refractivity (Wildman–Crippen MR) is 103 cm³/mol. The molecule has 0 atom stereocenters. The smallest absolute Gasteiger partial charge is 0.278 e. The van der Waals surface area contributed by atoms with Gasteiger partial charge in [-0.05, 0) is 62.3 Å². The molecular formula is C18H23N9O. The van der Waals surface area contributed by atoms with Crippen LogP contribution in [0.3, 0.4) is 0 Å². The fourth-order valence-corrected chi connectivity index (χ4v) is 3.50. The van der Waals surface area contributed by atoms with Gasteiger partial charge >= 0.3 is 0 Å². The van der Waals surface area contributed by atoms with E-state index in [2.05, 4.69) is 36.5 Å². The maximum atomic E-state index is 12.8. The van der Waals surface area contributed by atoms with Gasteiger partial charge < -0.3 is 10.6 Å². The average molecular weight is 381 g/mol. The van der Waals surface area contributed by atoms with Crippen LogP contribution >= 0.6 is 0 Å². The van der Waals surface area contributed by atoms with E-state index in [1.54, 1.807) is 4.68 Å². The van der Waals surface area contributed by atoms with Crippen molar-refractivity contribution in [2.75, 3.05) is 18.4 Å². The molecule has 146 valence electrons. The van der Waals surface area contributed by atoms with Crippen LogP contribution in [0.4, 0.5) is 5.69 Å². The second-order valence-corrected chi connectivity index (χ2v) is 6.80. The van der Waals surface area contributed by atoms with Crippen molar-refractivity contribution in [2.24, 2.45) is 0 Å². The van der Waals surface area contributed by atoms with Gasteiger partial charge in [0.15, 0.2) is 11.5 Å². The van der Waals surface area contributed by atoms with Crippen LogP contribution in [0.25, 0.3) is 11.4 Å². The van der Waals surface area contributed by atoms with E-state index in [0.717, 1.165) is 37.2 Å². The number of hydrogen-bond acceptors (Lipinski definition) is 7. The second kappa shape index (κ2) is 7.85. The molecule has 3 aromatic rings. The average Bonchev–Trinajstić information content (AvgIpc) is 3.35. The van der Waals surface area contributed by atoms with E-state index in [9.17, 15) is 4.79 Å². The summed E-state index contributed by atoms with van der Waals surface area (Å²) in [6, 6.07) is 7.73. The highest BCUT2D eigenvalue weighted by Crippen LogP contribution is 2.23. The molecule has 2 aromatic heterocycles. The zero-order valence-electron chi connectivity index (χ0n) is 16.0. The van der Waals surface area contributed by atoms with Crippen molar-refractivity contribution < 1.29 is 4.79 Å². The highest BCUT2D eigenvalue weighted by Gasteiger charge is 2.23. The molecule has 0 aliphatic carbocycles. The summed E-state index contributed by atoms with van der Waals surface area (Å²) in [5.41, 5.74) is 2.63. The molecule has 1 aliphatic heterocycles. The number of aromatic nitrogens is 7. The van der Waals surface area contributed by atoms with E-state index in [-0.39, 0.29) is 11.9 Å². The summed E-state index contributed by atoms with van der Waals surface area (Å²) in [5.74, 6) is 0.386. The summed E-state index contributed by atoms with van der Waals surface area (Å²) in [4.78, 5) is 12.8. The van der Waals surface area contributed by atoms with Gasteiger partial charge in [0.05, 0.1) is 11.7 Å². The number of hydrogen-bond donors (Lipinski definition) is 2. The molecule has 3 heterocycles. The zero-order valence-corrected chi connectivity index (χ0v) is 16.0. The Labute approximate surface area is 162 Å². The summed E-state index contributed by atoms with van der Waals surface area (Å²) in [6.07, 6.45) is 1.97. The lowest BCUT2D eigenvalue weighted by molar-refractivity contribution is 0.102. The van der Waals surface area contributed by atoms with Crippen LogP contribution in [0.5, 0.6) is 0 Å². The van der Waals surface area contributed by atoms with Gasteiger partial charge in [-0.2, -0.15) is 0 Å².